The molecule has 1 unspecified atom stereocenters. The van der Waals surface area contributed by atoms with Crippen LogP contribution < -0.4 is 14.8 Å². The SMILES string of the molecule is CCCC(C)Oc1c(Br)cc(CNC2CC2)cc1OC. The molecule has 1 aromatic carbocycles. The molecule has 0 amide bonds. The first-order valence-electron chi connectivity index (χ1n) is 7.40. The summed E-state index contributed by atoms with van der Waals surface area (Å²) >= 11 is 3.61. The third kappa shape index (κ3) is 4.38. The molecule has 2 rings (SSSR count). The fraction of sp³-hybridized carbons (Fsp3) is 0.625. The summed E-state index contributed by atoms with van der Waals surface area (Å²) in [4.78, 5) is 0. The second kappa shape index (κ2) is 7.32. The molecule has 112 valence electrons. The van der Waals surface area contributed by atoms with E-state index in [1.165, 1.54) is 18.4 Å². The van der Waals surface area contributed by atoms with Crippen molar-refractivity contribution in [1.29, 1.82) is 0 Å². The molecule has 0 aromatic heterocycles. The van der Waals surface area contributed by atoms with E-state index in [2.05, 4.69) is 47.2 Å². The van der Waals surface area contributed by atoms with Crippen molar-refractivity contribution >= 4 is 15.9 Å². The number of halogens is 1. The van der Waals surface area contributed by atoms with Gasteiger partial charge < -0.3 is 14.8 Å². The highest BCUT2D eigenvalue weighted by atomic mass is 79.9. The third-order valence-corrected chi connectivity index (χ3v) is 4.06. The van der Waals surface area contributed by atoms with Gasteiger partial charge in [-0.3, -0.25) is 0 Å². The standard InChI is InChI=1S/C16H24BrNO2/c1-4-5-11(2)20-16-14(17)8-12(9-15(16)19-3)10-18-13-6-7-13/h8-9,11,13,18H,4-7,10H2,1-3H3. The van der Waals surface area contributed by atoms with E-state index in [0.717, 1.165) is 35.4 Å². The number of ether oxygens (including phenoxy) is 2. The van der Waals surface area contributed by atoms with Crippen LogP contribution in [0, 0.1) is 0 Å². The van der Waals surface area contributed by atoms with Crippen molar-refractivity contribution < 1.29 is 9.47 Å². The summed E-state index contributed by atoms with van der Waals surface area (Å²) in [5.41, 5.74) is 1.22. The molecular formula is C16H24BrNO2. The highest BCUT2D eigenvalue weighted by molar-refractivity contribution is 9.10. The van der Waals surface area contributed by atoms with Crippen LogP contribution in [0.25, 0.3) is 0 Å². The summed E-state index contributed by atoms with van der Waals surface area (Å²) in [5, 5.41) is 3.51. The van der Waals surface area contributed by atoms with E-state index >= 15 is 0 Å². The number of rotatable bonds is 8. The van der Waals surface area contributed by atoms with Gasteiger partial charge in [-0.25, -0.2) is 0 Å². The number of methoxy groups -OCH3 is 1. The third-order valence-electron chi connectivity index (χ3n) is 3.48. The van der Waals surface area contributed by atoms with E-state index in [1.54, 1.807) is 7.11 Å². The highest BCUT2D eigenvalue weighted by Crippen LogP contribution is 2.37. The maximum atomic E-state index is 6.01. The topological polar surface area (TPSA) is 30.5 Å². The monoisotopic (exact) mass is 341 g/mol. The van der Waals surface area contributed by atoms with Gasteiger partial charge in [0.1, 0.15) is 0 Å². The van der Waals surface area contributed by atoms with Gasteiger partial charge in [0.25, 0.3) is 0 Å². The van der Waals surface area contributed by atoms with E-state index in [-0.39, 0.29) is 6.10 Å². The Morgan fingerprint density at radius 2 is 2.15 bits per heavy atom. The fourth-order valence-electron chi connectivity index (χ4n) is 2.21. The predicted octanol–water partition coefficient (Wildman–Crippen LogP) is 4.28. The minimum atomic E-state index is 0.195. The van der Waals surface area contributed by atoms with Crippen LogP contribution in [0.2, 0.25) is 0 Å². The van der Waals surface area contributed by atoms with Crippen LogP contribution in [0.15, 0.2) is 16.6 Å². The van der Waals surface area contributed by atoms with Crippen LogP contribution in [0.5, 0.6) is 11.5 Å². The molecule has 1 saturated carbocycles. The molecule has 0 heterocycles. The molecule has 1 aliphatic rings. The number of benzene rings is 1. The Morgan fingerprint density at radius 3 is 2.75 bits per heavy atom. The molecule has 20 heavy (non-hydrogen) atoms. The maximum Gasteiger partial charge on any atom is 0.175 e. The zero-order chi connectivity index (χ0) is 14.5. The van der Waals surface area contributed by atoms with Crippen molar-refractivity contribution in [2.45, 2.75) is 58.2 Å². The molecule has 1 fully saturated rings. The molecule has 0 bridgehead atoms. The average molecular weight is 342 g/mol. The van der Waals surface area contributed by atoms with Gasteiger partial charge in [-0.15, -0.1) is 0 Å². The molecule has 1 aliphatic carbocycles. The average Bonchev–Trinajstić information content (AvgIpc) is 3.23. The van der Waals surface area contributed by atoms with Gasteiger partial charge in [0.15, 0.2) is 11.5 Å². The Balaban J connectivity index is 2.09. The van der Waals surface area contributed by atoms with E-state index in [9.17, 15) is 0 Å². The van der Waals surface area contributed by atoms with Gasteiger partial charge in [-0.05, 0) is 59.8 Å². The Hall–Kier alpha value is -0.740. The second-order valence-electron chi connectivity index (χ2n) is 5.48. The smallest absolute Gasteiger partial charge is 0.175 e. The van der Waals surface area contributed by atoms with Crippen molar-refractivity contribution in [2.75, 3.05) is 7.11 Å². The normalized spacial score (nSPS) is 16.0. The van der Waals surface area contributed by atoms with Crippen molar-refractivity contribution in [1.82, 2.24) is 5.32 Å². The lowest BCUT2D eigenvalue weighted by molar-refractivity contribution is 0.199. The minimum absolute atomic E-state index is 0.195. The van der Waals surface area contributed by atoms with Gasteiger partial charge in [0, 0.05) is 12.6 Å². The number of nitrogens with one attached hydrogen (secondary N) is 1. The number of hydrogen-bond acceptors (Lipinski definition) is 3. The lowest BCUT2D eigenvalue weighted by atomic mass is 10.2. The molecule has 0 saturated heterocycles. The van der Waals surface area contributed by atoms with Crippen LogP contribution in [0.1, 0.15) is 45.1 Å². The van der Waals surface area contributed by atoms with Crippen molar-refractivity contribution in [2.24, 2.45) is 0 Å². The van der Waals surface area contributed by atoms with Crippen LogP contribution in [0.3, 0.4) is 0 Å². The predicted molar refractivity (Wildman–Crippen MR) is 85.6 cm³/mol. The summed E-state index contributed by atoms with van der Waals surface area (Å²) in [6, 6.07) is 4.89. The molecular weight excluding hydrogens is 318 g/mol. The molecule has 0 radical (unpaired) electrons. The van der Waals surface area contributed by atoms with Crippen LogP contribution >= 0.6 is 15.9 Å². The first-order valence-corrected chi connectivity index (χ1v) is 8.19. The van der Waals surface area contributed by atoms with Crippen molar-refractivity contribution in [3.63, 3.8) is 0 Å². The lowest BCUT2D eigenvalue weighted by Gasteiger charge is -2.19. The van der Waals surface area contributed by atoms with E-state index in [0.29, 0.717) is 6.04 Å². The largest absolute Gasteiger partial charge is 0.493 e. The van der Waals surface area contributed by atoms with Crippen LogP contribution in [0.4, 0.5) is 0 Å². The van der Waals surface area contributed by atoms with Crippen molar-refractivity contribution in [3.8, 4) is 11.5 Å². The van der Waals surface area contributed by atoms with Gasteiger partial charge >= 0.3 is 0 Å². The van der Waals surface area contributed by atoms with E-state index in [4.69, 9.17) is 9.47 Å². The summed E-state index contributed by atoms with van der Waals surface area (Å²) < 4.78 is 12.5. The summed E-state index contributed by atoms with van der Waals surface area (Å²) in [7, 11) is 1.69. The van der Waals surface area contributed by atoms with Crippen LogP contribution in [-0.2, 0) is 6.54 Å². The van der Waals surface area contributed by atoms with Gasteiger partial charge in [0.05, 0.1) is 17.7 Å². The first-order chi connectivity index (χ1) is 9.63. The fourth-order valence-corrected chi connectivity index (χ4v) is 2.79. The molecule has 0 spiro atoms. The summed E-state index contributed by atoms with van der Waals surface area (Å²) in [5.74, 6) is 1.61. The minimum Gasteiger partial charge on any atom is -0.493 e. The molecule has 1 aromatic rings. The van der Waals surface area contributed by atoms with E-state index < -0.39 is 0 Å². The van der Waals surface area contributed by atoms with Gasteiger partial charge in [-0.2, -0.15) is 0 Å². The van der Waals surface area contributed by atoms with Gasteiger partial charge in [-0.1, -0.05) is 13.3 Å². The Morgan fingerprint density at radius 1 is 1.40 bits per heavy atom. The molecule has 1 N–H and O–H groups in total. The molecule has 1 atom stereocenters. The maximum absolute atomic E-state index is 6.01. The second-order valence-corrected chi connectivity index (χ2v) is 6.34. The Kier molecular flexibility index (Phi) is 5.73. The lowest BCUT2D eigenvalue weighted by Crippen LogP contribution is -2.16. The first kappa shape index (κ1) is 15.6. The summed E-state index contributed by atoms with van der Waals surface area (Å²) in [6.45, 7) is 5.14. The number of hydrogen-bond donors (Lipinski definition) is 1. The molecule has 0 aliphatic heterocycles. The van der Waals surface area contributed by atoms with Gasteiger partial charge in [0.2, 0.25) is 0 Å². The zero-order valence-corrected chi connectivity index (χ0v) is 14.1. The molecule has 3 nitrogen and oxygen atoms in total. The van der Waals surface area contributed by atoms with Crippen molar-refractivity contribution in [3.05, 3.63) is 22.2 Å². The Labute approximate surface area is 130 Å². The van der Waals surface area contributed by atoms with Crippen LogP contribution in [-0.4, -0.2) is 19.3 Å². The quantitative estimate of drug-likeness (QED) is 0.765. The Bertz CT molecular complexity index is 446. The summed E-state index contributed by atoms with van der Waals surface area (Å²) in [6.07, 6.45) is 4.95. The highest BCUT2D eigenvalue weighted by Gasteiger charge is 2.21. The zero-order valence-electron chi connectivity index (χ0n) is 12.5. The molecule has 4 heteroatoms. The van der Waals surface area contributed by atoms with E-state index in [1.807, 2.05) is 0 Å².